The van der Waals surface area contributed by atoms with Crippen LogP contribution in [0.25, 0.3) is 0 Å². The lowest BCUT2D eigenvalue weighted by atomic mass is 10.2. The van der Waals surface area contributed by atoms with Gasteiger partial charge in [0.1, 0.15) is 5.69 Å². The standard InChI is InChI=1S/C22H23ClN4O/c1-15(2)27(14-17-7-5-4-6-8-17)22-24-16(3)13-20(26-22)21(28)25-19-11-9-18(23)10-12-19/h4-13,15H,14H2,1-3H3,(H,25,28). The number of carbonyl (C=O) groups is 1. The second-order valence-electron chi connectivity index (χ2n) is 6.86. The summed E-state index contributed by atoms with van der Waals surface area (Å²) in [5.41, 5.74) is 2.90. The minimum Gasteiger partial charge on any atom is -0.334 e. The molecule has 2 aromatic carbocycles. The molecule has 3 rings (SSSR count). The number of benzene rings is 2. The first kappa shape index (κ1) is 19.8. The van der Waals surface area contributed by atoms with Gasteiger partial charge >= 0.3 is 0 Å². The third-order valence-corrected chi connectivity index (χ3v) is 4.51. The molecule has 0 aliphatic heterocycles. The third-order valence-electron chi connectivity index (χ3n) is 4.25. The van der Waals surface area contributed by atoms with E-state index in [1.54, 1.807) is 30.3 Å². The number of aromatic nitrogens is 2. The molecule has 1 heterocycles. The van der Waals surface area contributed by atoms with Crippen LogP contribution in [0.15, 0.2) is 60.7 Å². The summed E-state index contributed by atoms with van der Waals surface area (Å²) in [6, 6.07) is 19.0. The summed E-state index contributed by atoms with van der Waals surface area (Å²) < 4.78 is 0. The summed E-state index contributed by atoms with van der Waals surface area (Å²) in [5, 5.41) is 3.47. The van der Waals surface area contributed by atoms with Crippen LogP contribution >= 0.6 is 11.6 Å². The van der Waals surface area contributed by atoms with Crippen LogP contribution < -0.4 is 10.2 Å². The zero-order valence-corrected chi connectivity index (χ0v) is 16.9. The Morgan fingerprint density at radius 3 is 2.39 bits per heavy atom. The number of anilines is 2. The number of aryl methyl sites for hydroxylation is 1. The molecular weight excluding hydrogens is 372 g/mol. The highest BCUT2D eigenvalue weighted by Gasteiger charge is 2.18. The number of rotatable bonds is 6. The van der Waals surface area contributed by atoms with Crippen LogP contribution in [0.2, 0.25) is 5.02 Å². The van der Waals surface area contributed by atoms with Gasteiger partial charge in [-0.1, -0.05) is 41.9 Å². The topological polar surface area (TPSA) is 58.1 Å². The molecule has 1 amide bonds. The van der Waals surface area contributed by atoms with E-state index in [1.165, 1.54) is 0 Å². The molecule has 0 bridgehead atoms. The maximum absolute atomic E-state index is 12.7. The van der Waals surface area contributed by atoms with E-state index < -0.39 is 0 Å². The van der Waals surface area contributed by atoms with Gasteiger partial charge in [-0.3, -0.25) is 4.79 Å². The van der Waals surface area contributed by atoms with Gasteiger partial charge in [-0.15, -0.1) is 0 Å². The van der Waals surface area contributed by atoms with Gasteiger partial charge in [-0.25, -0.2) is 9.97 Å². The Hall–Kier alpha value is -2.92. The van der Waals surface area contributed by atoms with Gasteiger partial charge in [0.05, 0.1) is 0 Å². The lowest BCUT2D eigenvalue weighted by Crippen LogP contribution is -2.32. The van der Waals surface area contributed by atoms with Gasteiger partial charge < -0.3 is 10.2 Å². The average molecular weight is 395 g/mol. The van der Waals surface area contributed by atoms with E-state index in [2.05, 4.69) is 46.2 Å². The number of hydrogen-bond donors (Lipinski definition) is 1. The van der Waals surface area contributed by atoms with E-state index in [0.29, 0.717) is 28.9 Å². The van der Waals surface area contributed by atoms with Crippen molar-refractivity contribution in [2.45, 2.75) is 33.4 Å². The molecule has 28 heavy (non-hydrogen) atoms. The van der Waals surface area contributed by atoms with Crippen LogP contribution in [0.4, 0.5) is 11.6 Å². The van der Waals surface area contributed by atoms with Crippen molar-refractivity contribution in [3.05, 3.63) is 82.6 Å². The molecule has 5 nitrogen and oxygen atoms in total. The van der Waals surface area contributed by atoms with Crippen molar-refractivity contribution in [3.8, 4) is 0 Å². The molecule has 3 aromatic rings. The predicted octanol–water partition coefficient (Wildman–Crippen LogP) is 5.11. The predicted molar refractivity (Wildman–Crippen MR) is 114 cm³/mol. The van der Waals surface area contributed by atoms with E-state index in [1.807, 2.05) is 25.1 Å². The molecule has 0 fully saturated rings. The van der Waals surface area contributed by atoms with Gasteiger partial charge in [-0.2, -0.15) is 0 Å². The summed E-state index contributed by atoms with van der Waals surface area (Å²) in [7, 11) is 0. The summed E-state index contributed by atoms with van der Waals surface area (Å²) in [4.78, 5) is 23.9. The second kappa shape index (κ2) is 8.85. The smallest absolute Gasteiger partial charge is 0.274 e. The molecule has 1 aromatic heterocycles. The Morgan fingerprint density at radius 1 is 1.07 bits per heavy atom. The molecule has 0 aliphatic carbocycles. The third kappa shape index (κ3) is 5.08. The van der Waals surface area contributed by atoms with Crippen molar-refractivity contribution in [1.82, 2.24) is 9.97 Å². The lowest BCUT2D eigenvalue weighted by molar-refractivity contribution is 0.102. The van der Waals surface area contributed by atoms with Crippen LogP contribution in [-0.2, 0) is 6.54 Å². The molecule has 144 valence electrons. The number of nitrogens with zero attached hydrogens (tertiary/aromatic N) is 3. The SMILES string of the molecule is Cc1cc(C(=O)Nc2ccc(Cl)cc2)nc(N(Cc2ccccc2)C(C)C)n1. The quantitative estimate of drug-likeness (QED) is 0.631. The molecule has 0 atom stereocenters. The Kier molecular flexibility index (Phi) is 6.26. The Labute approximate surface area is 170 Å². The van der Waals surface area contributed by atoms with E-state index in [0.717, 1.165) is 11.3 Å². The van der Waals surface area contributed by atoms with Crippen LogP contribution in [0.1, 0.15) is 35.6 Å². The Bertz CT molecular complexity index is 943. The Balaban J connectivity index is 1.86. The molecule has 0 saturated heterocycles. The molecule has 0 aliphatic rings. The van der Waals surface area contributed by atoms with Crippen molar-refractivity contribution in [2.24, 2.45) is 0 Å². The largest absolute Gasteiger partial charge is 0.334 e. The van der Waals surface area contributed by atoms with Crippen LogP contribution in [-0.4, -0.2) is 21.9 Å². The van der Waals surface area contributed by atoms with Crippen LogP contribution in [0, 0.1) is 6.92 Å². The van der Waals surface area contributed by atoms with Crippen LogP contribution in [0.5, 0.6) is 0 Å². The Morgan fingerprint density at radius 2 is 1.75 bits per heavy atom. The number of amides is 1. The molecule has 0 saturated carbocycles. The van der Waals surface area contributed by atoms with E-state index in [-0.39, 0.29) is 11.9 Å². The molecule has 1 N–H and O–H groups in total. The minimum absolute atomic E-state index is 0.175. The number of halogens is 1. The average Bonchev–Trinajstić information content (AvgIpc) is 2.68. The monoisotopic (exact) mass is 394 g/mol. The van der Waals surface area contributed by atoms with Crippen molar-refractivity contribution < 1.29 is 4.79 Å². The number of carbonyl (C=O) groups excluding carboxylic acids is 1. The first-order valence-electron chi connectivity index (χ1n) is 9.15. The molecule has 0 spiro atoms. The fourth-order valence-electron chi connectivity index (χ4n) is 2.79. The lowest BCUT2D eigenvalue weighted by Gasteiger charge is -2.27. The van der Waals surface area contributed by atoms with Crippen LogP contribution in [0.3, 0.4) is 0 Å². The number of nitrogens with one attached hydrogen (secondary N) is 1. The normalized spacial score (nSPS) is 10.8. The van der Waals surface area contributed by atoms with Gasteiger partial charge in [0.2, 0.25) is 5.95 Å². The molecular formula is C22H23ClN4O. The maximum Gasteiger partial charge on any atom is 0.274 e. The van der Waals surface area contributed by atoms with Gasteiger partial charge in [0.25, 0.3) is 5.91 Å². The summed E-state index contributed by atoms with van der Waals surface area (Å²) in [6.07, 6.45) is 0. The highest BCUT2D eigenvalue weighted by molar-refractivity contribution is 6.30. The van der Waals surface area contributed by atoms with Crippen molar-refractivity contribution in [3.63, 3.8) is 0 Å². The first-order chi connectivity index (χ1) is 13.4. The zero-order chi connectivity index (χ0) is 20.1. The highest BCUT2D eigenvalue weighted by Crippen LogP contribution is 2.19. The summed E-state index contributed by atoms with van der Waals surface area (Å²) >= 11 is 5.90. The van der Waals surface area contributed by atoms with Gasteiger partial charge in [0, 0.05) is 29.0 Å². The summed E-state index contributed by atoms with van der Waals surface area (Å²) in [5.74, 6) is 0.262. The first-order valence-corrected chi connectivity index (χ1v) is 9.53. The fraction of sp³-hybridized carbons (Fsp3) is 0.227. The van der Waals surface area contributed by atoms with Crippen molar-refractivity contribution in [2.75, 3.05) is 10.2 Å². The second-order valence-corrected chi connectivity index (χ2v) is 7.30. The van der Waals surface area contributed by atoms with E-state index >= 15 is 0 Å². The molecule has 0 radical (unpaired) electrons. The van der Waals surface area contributed by atoms with Crippen molar-refractivity contribution >= 4 is 29.1 Å². The highest BCUT2D eigenvalue weighted by atomic mass is 35.5. The molecule has 0 unspecified atom stereocenters. The maximum atomic E-state index is 12.7. The van der Waals surface area contributed by atoms with E-state index in [9.17, 15) is 4.79 Å². The molecule has 6 heteroatoms. The van der Waals surface area contributed by atoms with Gasteiger partial charge in [-0.05, 0) is 56.7 Å². The summed E-state index contributed by atoms with van der Waals surface area (Å²) in [6.45, 7) is 6.70. The van der Waals surface area contributed by atoms with E-state index in [4.69, 9.17) is 11.6 Å². The minimum atomic E-state index is -0.280. The van der Waals surface area contributed by atoms with Crippen molar-refractivity contribution in [1.29, 1.82) is 0 Å². The fourth-order valence-corrected chi connectivity index (χ4v) is 2.92. The number of hydrogen-bond acceptors (Lipinski definition) is 4. The zero-order valence-electron chi connectivity index (χ0n) is 16.2. The van der Waals surface area contributed by atoms with Gasteiger partial charge in [0.15, 0.2) is 0 Å².